The number of anilines is 1. The summed E-state index contributed by atoms with van der Waals surface area (Å²) in [5.74, 6) is -0.157. The summed E-state index contributed by atoms with van der Waals surface area (Å²) in [5.41, 5.74) is 4.34. The van der Waals surface area contributed by atoms with Gasteiger partial charge in [-0.2, -0.15) is 0 Å². The number of nitrogens with one attached hydrogen (secondary N) is 1. The fraction of sp³-hybridized carbons (Fsp3) is 0.333. The zero-order valence-corrected chi connectivity index (χ0v) is 17.0. The normalized spacial score (nSPS) is 16.6. The van der Waals surface area contributed by atoms with Gasteiger partial charge in [-0.3, -0.25) is 9.59 Å². The summed E-state index contributed by atoms with van der Waals surface area (Å²) in [6.45, 7) is 5.74. The zero-order valence-electron chi connectivity index (χ0n) is 17.0. The Labute approximate surface area is 171 Å². The van der Waals surface area contributed by atoms with Crippen LogP contribution in [0.3, 0.4) is 0 Å². The van der Waals surface area contributed by atoms with Gasteiger partial charge >= 0.3 is 0 Å². The Morgan fingerprint density at radius 2 is 2.03 bits per heavy atom. The molecule has 0 bridgehead atoms. The molecule has 1 N–H and O–H groups in total. The Kier molecular flexibility index (Phi) is 5.38. The summed E-state index contributed by atoms with van der Waals surface area (Å²) in [4.78, 5) is 32.6. The van der Waals surface area contributed by atoms with Crippen LogP contribution in [0.25, 0.3) is 10.9 Å². The van der Waals surface area contributed by atoms with E-state index < -0.39 is 0 Å². The Hall–Kier alpha value is -3.08. The van der Waals surface area contributed by atoms with E-state index in [9.17, 15) is 9.59 Å². The third kappa shape index (κ3) is 3.90. The van der Waals surface area contributed by atoms with Gasteiger partial charge in [0.2, 0.25) is 11.8 Å². The summed E-state index contributed by atoms with van der Waals surface area (Å²) in [6, 6.07) is 16.2. The maximum atomic E-state index is 13.1. The van der Waals surface area contributed by atoms with Crippen LogP contribution in [0, 0.1) is 12.8 Å². The van der Waals surface area contributed by atoms with Gasteiger partial charge in [0.1, 0.15) is 0 Å². The van der Waals surface area contributed by atoms with Gasteiger partial charge in [0.25, 0.3) is 0 Å². The number of amides is 2. The average Bonchev–Trinajstić information content (AvgIpc) is 3.30. The van der Waals surface area contributed by atoms with E-state index in [0.717, 1.165) is 23.2 Å². The first-order valence-corrected chi connectivity index (χ1v) is 10.3. The van der Waals surface area contributed by atoms with Crippen LogP contribution in [0.1, 0.15) is 24.5 Å². The second-order valence-corrected chi connectivity index (χ2v) is 7.77. The third-order valence-electron chi connectivity index (χ3n) is 5.79. The van der Waals surface area contributed by atoms with Gasteiger partial charge in [-0.25, -0.2) is 0 Å². The number of carbonyl (C=O) groups excluding carboxylic acids is 2. The van der Waals surface area contributed by atoms with Crippen molar-refractivity contribution in [1.29, 1.82) is 0 Å². The van der Waals surface area contributed by atoms with Crippen molar-refractivity contribution < 1.29 is 9.59 Å². The molecule has 0 aliphatic carbocycles. The van der Waals surface area contributed by atoms with Crippen molar-refractivity contribution >= 4 is 28.4 Å². The number of rotatable bonds is 6. The second kappa shape index (κ2) is 8.11. The maximum absolute atomic E-state index is 13.1. The topological polar surface area (TPSA) is 56.4 Å². The van der Waals surface area contributed by atoms with Gasteiger partial charge in [-0.15, -0.1) is 0 Å². The van der Waals surface area contributed by atoms with E-state index in [1.807, 2.05) is 61.3 Å². The number of aromatic amines is 1. The molecule has 150 valence electrons. The molecule has 1 atom stereocenters. The van der Waals surface area contributed by atoms with Crippen molar-refractivity contribution in [3.63, 3.8) is 0 Å². The van der Waals surface area contributed by atoms with E-state index in [2.05, 4.69) is 17.1 Å². The molecule has 5 heteroatoms. The summed E-state index contributed by atoms with van der Waals surface area (Å²) < 4.78 is 0. The Balaban J connectivity index is 1.42. The van der Waals surface area contributed by atoms with Gasteiger partial charge < -0.3 is 14.8 Å². The lowest BCUT2D eigenvalue weighted by Gasteiger charge is -2.24. The van der Waals surface area contributed by atoms with Crippen molar-refractivity contribution in [3.05, 3.63) is 65.9 Å². The quantitative estimate of drug-likeness (QED) is 0.695. The van der Waals surface area contributed by atoms with Crippen molar-refractivity contribution in [1.82, 2.24) is 9.88 Å². The molecule has 1 aliphatic heterocycles. The predicted molar refractivity (Wildman–Crippen MR) is 116 cm³/mol. The number of likely N-dealkylation sites (tertiary alicyclic amines) is 1. The van der Waals surface area contributed by atoms with Crippen LogP contribution in [-0.2, 0) is 16.0 Å². The molecular weight excluding hydrogens is 362 g/mol. The minimum atomic E-state index is -0.272. The van der Waals surface area contributed by atoms with Gasteiger partial charge in [-0.1, -0.05) is 30.3 Å². The number of carbonyl (C=O) groups is 2. The van der Waals surface area contributed by atoms with Crippen LogP contribution < -0.4 is 4.90 Å². The molecule has 5 nitrogen and oxygen atoms in total. The van der Waals surface area contributed by atoms with Crippen LogP contribution in [0.2, 0.25) is 0 Å². The SMILES string of the molecule is CCN(C(=O)C1CC(=O)N(CCc2c[nH]c3ccccc23)C1)c1cccc(C)c1. The third-order valence-corrected chi connectivity index (χ3v) is 5.79. The van der Waals surface area contributed by atoms with Gasteiger partial charge in [0, 0.05) is 48.8 Å². The summed E-state index contributed by atoms with van der Waals surface area (Å²) in [6.07, 6.45) is 3.10. The van der Waals surface area contributed by atoms with Crippen LogP contribution in [-0.4, -0.2) is 41.3 Å². The highest BCUT2D eigenvalue weighted by Crippen LogP contribution is 2.25. The molecule has 0 radical (unpaired) electrons. The van der Waals surface area contributed by atoms with Gasteiger partial charge in [0.05, 0.1) is 5.92 Å². The van der Waals surface area contributed by atoms with E-state index in [0.29, 0.717) is 26.1 Å². The molecule has 2 amide bonds. The summed E-state index contributed by atoms with van der Waals surface area (Å²) >= 11 is 0. The van der Waals surface area contributed by atoms with Crippen molar-refractivity contribution in [2.75, 3.05) is 24.5 Å². The molecule has 29 heavy (non-hydrogen) atoms. The van der Waals surface area contributed by atoms with E-state index in [1.165, 1.54) is 10.9 Å². The molecule has 2 heterocycles. The highest BCUT2D eigenvalue weighted by Gasteiger charge is 2.36. The summed E-state index contributed by atoms with van der Waals surface area (Å²) in [7, 11) is 0. The lowest BCUT2D eigenvalue weighted by Crippen LogP contribution is -2.37. The Morgan fingerprint density at radius 3 is 2.83 bits per heavy atom. The number of aromatic nitrogens is 1. The maximum Gasteiger partial charge on any atom is 0.232 e. The monoisotopic (exact) mass is 389 g/mol. The largest absolute Gasteiger partial charge is 0.361 e. The van der Waals surface area contributed by atoms with Crippen molar-refractivity contribution in [3.8, 4) is 0 Å². The minimum Gasteiger partial charge on any atom is -0.361 e. The smallest absolute Gasteiger partial charge is 0.232 e. The number of benzene rings is 2. The highest BCUT2D eigenvalue weighted by molar-refractivity contribution is 5.99. The molecule has 1 aromatic heterocycles. The second-order valence-electron chi connectivity index (χ2n) is 7.77. The molecular formula is C24H27N3O2. The number of hydrogen-bond donors (Lipinski definition) is 1. The van der Waals surface area contributed by atoms with Crippen LogP contribution in [0.15, 0.2) is 54.7 Å². The first-order valence-electron chi connectivity index (χ1n) is 10.3. The molecule has 1 fully saturated rings. The van der Waals surface area contributed by atoms with Crippen LogP contribution in [0.5, 0.6) is 0 Å². The first kappa shape index (κ1) is 19.2. The predicted octanol–water partition coefficient (Wildman–Crippen LogP) is 3.92. The minimum absolute atomic E-state index is 0.0426. The Morgan fingerprint density at radius 1 is 1.21 bits per heavy atom. The molecule has 1 unspecified atom stereocenters. The van der Waals surface area contributed by atoms with Crippen LogP contribution >= 0.6 is 0 Å². The number of para-hydroxylation sites is 1. The molecule has 4 rings (SSSR count). The molecule has 1 saturated heterocycles. The standard InChI is InChI=1S/C24H27N3O2/c1-3-27(20-8-6-7-17(2)13-20)24(29)19-14-23(28)26(16-19)12-11-18-15-25-22-10-5-4-9-21(18)22/h4-10,13,15,19,25H,3,11-12,14,16H2,1-2H3. The van der Waals surface area contributed by atoms with E-state index >= 15 is 0 Å². The molecule has 2 aromatic carbocycles. The molecule has 0 spiro atoms. The van der Waals surface area contributed by atoms with Crippen LogP contribution in [0.4, 0.5) is 5.69 Å². The lowest BCUT2D eigenvalue weighted by molar-refractivity contribution is -0.128. The molecule has 3 aromatic rings. The van der Waals surface area contributed by atoms with Gasteiger partial charge in [0.15, 0.2) is 0 Å². The number of aryl methyl sites for hydroxylation is 1. The van der Waals surface area contributed by atoms with E-state index in [4.69, 9.17) is 0 Å². The fourth-order valence-corrected chi connectivity index (χ4v) is 4.23. The zero-order chi connectivity index (χ0) is 20.4. The Bertz CT molecular complexity index is 1040. The van der Waals surface area contributed by atoms with Crippen molar-refractivity contribution in [2.24, 2.45) is 5.92 Å². The first-order chi connectivity index (χ1) is 14.1. The fourth-order valence-electron chi connectivity index (χ4n) is 4.23. The van der Waals surface area contributed by atoms with Crippen molar-refractivity contribution in [2.45, 2.75) is 26.7 Å². The molecule has 0 saturated carbocycles. The number of nitrogens with zero attached hydrogens (tertiary/aromatic N) is 2. The summed E-state index contributed by atoms with van der Waals surface area (Å²) in [5, 5.41) is 1.20. The molecule has 1 aliphatic rings. The van der Waals surface area contributed by atoms with E-state index in [1.54, 1.807) is 4.90 Å². The number of fused-ring (bicyclic) bond motifs is 1. The lowest BCUT2D eigenvalue weighted by atomic mass is 10.1. The van der Waals surface area contributed by atoms with E-state index in [-0.39, 0.29) is 17.7 Å². The highest BCUT2D eigenvalue weighted by atomic mass is 16.2. The number of hydrogen-bond acceptors (Lipinski definition) is 2. The average molecular weight is 389 g/mol. The van der Waals surface area contributed by atoms with Gasteiger partial charge in [-0.05, 0) is 49.6 Å². The number of H-pyrrole nitrogens is 1.